The SMILES string of the molecule is CO/N=C(/C(=O)NS(=O)OC)c1ccccc1CO. The standard InChI is InChI=1S/C11H14N2O5S/c1-17-12-10(11(15)13-19(16)18-2)9-6-4-3-5-8(9)7-14/h3-6,14H,7H2,1-2H3,(H,13,15)/b12-10+. The maximum Gasteiger partial charge on any atom is 0.287 e. The predicted molar refractivity (Wildman–Crippen MR) is 69.2 cm³/mol. The fourth-order valence-electron chi connectivity index (χ4n) is 1.36. The van der Waals surface area contributed by atoms with E-state index < -0.39 is 17.2 Å². The highest BCUT2D eigenvalue weighted by molar-refractivity contribution is 7.78. The second-order valence-corrected chi connectivity index (χ2v) is 4.28. The first-order chi connectivity index (χ1) is 9.13. The van der Waals surface area contributed by atoms with E-state index in [1.165, 1.54) is 14.2 Å². The highest BCUT2D eigenvalue weighted by atomic mass is 32.2. The minimum absolute atomic E-state index is 0.0995. The van der Waals surface area contributed by atoms with Gasteiger partial charge in [-0.05, 0) is 5.56 Å². The maximum absolute atomic E-state index is 11.9. The summed E-state index contributed by atoms with van der Waals surface area (Å²) in [4.78, 5) is 16.5. The highest BCUT2D eigenvalue weighted by Gasteiger charge is 2.19. The molecule has 1 rings (SSSR count). The molecule has 1 aromatic rings. The summed E-state index contributed by atoms with van der Waals surface area (Å²) in [5.41, 5.74) is 0.784. The molecule has 0 aliphatic heterocycles. The average molecular weight is 286 g/mol. The van der Waals surface area contributed by atoms with Crippen LogP contribution in [0.3, 0.4) is 0 Å². The van der Waals surface area contributed by atoms with Gasteiger partial charge in [0.15, 0.2) is 5.71 Å². The van der Waals surface area contributed by atoms with E-state index in [4.69, 9.17) is 0 Å². The minimum Gasteiger partial charge on any atom is -0.398 e. The van der Waals surface area contributed by atoms with E-state index >= 15 is 0 Å². The number of hydrogen-bond acceptors (Lipinski definition) is 6. The van der Waals surface area contributed by atoms with Crippen LogP contribution in [-0.2, 0) is 31.7 Å². The van der Waals surface area contributed by atoms with Gasteiger partial charge in [0.25, 0.3) is 17.2 Å². The second kappa shape index (κ2) is 7.62. The third kappa shape index (κ3) is 4.12. The molecule has 0 radical (unpaired) electrons. The third-order valence-electron chi connectivity index (χ3n) is 2.17. The largest absolute Gasteiger partial charge is 0.398 e. The zero-order valence-electron chi connectivity index (χ0n) is 10.5. The number of nitrogens with one attached hydrogen (secondary N) is 1. The number of aliphatic hydroxyl groups excluding tert-OH is 1. The van der Waals surface area contributed by atoms with Crippen LogP contribution in [0.25, 0.3) is 0 Å². The van der Waals surface area contributed by atoms with Crippen molar-refractivity contribution in [3.8, 4) is 0 Å². The Kier molecular flexibility index (Phi) is 6.13. The predicted octanol–water partition coefficient (Wildman–Crippen LogP) is -0.129. The molecule has 0 aliphatic carbocycles. The van der Waals surface area contributed by atoms with Gasteiger partial charge in [-0.1, -0.05) is 29.4 Å². The molecular formula is C11H14N2O5S. The van der Waals surface area contributed by atoms with E-state index in [-0.39, 0.29) is 12.3 Å². The first-order valence-corrected chi connectivity index (χ1v) is 6.29. The molecule has 0 spiro atoms. The number of amides is 1. The van der Waals surface area contributed by atoms with Crippen molar-refractivity contribution in [2.24, 2.45) is 5.16 Å². The molecule has 7 nitrogen and oxygen atoms in total. The minimum atomic E-state index is -1.96. The van der Waals surface area contributed by atoms with Crippen molar-refractivity contribution in [3.05, 3.63) is 35.4 Å². The van der Waals surface area contributed by atoms with Gasteiger partial charge in [0, 0.05) is 5.56 Å². The van der Waals surface area contributed by atoms with Crippen LogP contribution in [0.15, 0.2) is 29.4 Å². The Morgan fingerprint density at radius 3 is 2.68 bits per heavy atom. The molecule has 0 fully saturated rings. The summed E-state index contributed by atoms with van der Waals surface area (Å²) in [6.45, 7) is -0.264. The van der Waals surface area contributed by atoms with Crippen molar-refractivity contribution >= 4 is 22.9 Å². The lowest BCUT2D eigenvalue weighted by molar-refractivity contribution is -0.113. The number of carbonyl (C=O) groups is 1. The molecule has 1 atom stereocenters. The number of benzene rings is 1. The molecule has 1 aromatic carbocycles. The van der Waals surface area contributed by atoms with Crippen LogP contribution in [-0.4, -0.2) is 35.2 Å². The fourth-order valence-corrected chi connectivity index (χ4v) is 1.69. The van der Waals surface area contributed by atoms with E-state index in [1.807, 2.05) is 0 Å². The van der Waals surface area contributed by atoms with Gasteiger partial charge >= 0.3 is 0 Å². The molecule has 0 aliphatic rings. The van der Waals surface area contributed by atoms with Gasteiger partial charge in [-0.3, -0.25) is 8.98 Å². The first-order valence-electron chi connectivity index (χ1n) is 5.21. The van der Waals surface area contributed by atoms with Crippen molar-refractivity contribution in [1.82, 2.24) is 4.72 Å². The maximum atomic E-state index is 11.9. The average Bonchev–Trinajstić information content (AvgIpc) is 2.44. The van der Waals surface area contributed by atoms with E-state index in [1.54, 1.807) is 24.3 Å². The van der Waals surface area contributed by atoms with Gasteiger partial charge in [-0.15, -0.1) is 0 Å². The Balaban J connectivity index is 3.11. The van der Waals surface area contributed by atoms with E-state index in [0.29, 0.717) is 11.1 Å². The van der Waals surface area contributed by atoms with E-state index in [9.17, 15) is 14.1 Å². The molecule has 1 unspecified atom stereocenters. The number of aliphatic hydroxyl groups is 1. The van der Waals surface area contributed by atoms with Crippen molar-refractivity contribution < 1.29 is 23.1 Å². The summed E-state index contributed by atoms with van der Waals surface area (Å²) in [5.74, 6) is -0.733. The molecule has 0 saturated carbocycles. The topological polar surface area (TPSA) is 97.2 Å². The van der Waals surface area contributed by atoms with Crippen molar-refractivity contribution in [1.29, 1.82) is 0 Å². The number of nitrogens with zero attached hydrogens (tertiary/aromatic N) is 1. The third-order valence-corrected chi connectivity index (χ3v) is 2.82. The van der Waals surface area contributed by atoms with Crippen LogP contribution >= 0.6 is 0 Å². The van der Waals surface area contributed by atoms with Crippen LogP contribution < -0.4 is 4.72 Å². The smallest absolute Gasteiger partial charge is 0.287 e. The van der Waals surface area contributed by atoms with Crippen molar-refractivity contribution in [2.75, 3.05) is 14.2 Å². The molecule has 0 heterocycles. The van der Waals surface area contributed by atoms with Gasteiger partial charge in [-0.25, -0.2) is 8.93 Å². The van der Waals surface area contributed by atoms with Gasteiger partial charge < -0.3 is 9.94 Å². The molecule has 8 heteroatoms. The second-order valence-electron chi connectivity index (χ2n) is 3.27. The van der Waals surface area contributed by atoms with Crippen LogP contribution in [0.1, 0.15) is 11.1 Å². The quantitative estimate of drug-likeness (QED) is 0.561. The fraction of sp³-hybridized carbons (Fsp3) is 0.273. The van der Waals surface area contributed by atoms with Gasteiger partial charge in [0.1, 0.15) is 7.11 Å². The van der Waals surface area contributed by atoms with Crippen LogP contribution in [0.5, 0.6) is 0 Å². The molecule has 0 bridgehead atoms. The van der Waals surface area contributed by atoms with Gasteiger partial charge in [0.05, 0.1) is 13.7 Å². The van der Waals surface area contributed by atoms with E-state index in [2.05, 4.69) is 18.9 Å². The summed E-state index contributed by atoms with van der Waals surface area (Å²) >= 11 is -1.96. The van der Waals surface area contributed by atoms with Gasteiger partial charge in [0.2, 0.25) is 0 Å². The number of carbonyl (C=O) groups excluding carboxylic acids is 1. The molecule has 0 aromatic heterocycles. The lowest BCUT2D eigenvalue weighted by Gasteiger charge is -2.09. The van der Waals surface area contributed by atoms with Crippen molar-refractivity contribution in [3.63, 3.8) is 0 Å². The summed E-state index contributed by atoms with van der Waals surface area (Å²) in [7, 11) is 2.47. The first kappa shape index (κ1) is 15.3. The Morgan fingerprint density at radius 2 is 2.11 bits per heavy atom. The van der Waals surface area contributed by atoms with Crippen LogP contribution in [0.2, 0.25) is 0 Å². The Morgan fingerprint density at radius 1 is 1.42 bits per heavy atom. The highest BCUT2D eigenvalue weighted by Crippen LogP contribution is 2.11. The van der Waals surface area contributed by atoms with Crippen LogP contribution in [0.4, 0.5) is 0 Å². The summed E-state index contributed by atoms with van der Waals surface area (Å²) < 4.78 is 17.6. The number of hydrogen-bond donors (Lipinski definition) is 2. The lowest BCUT2D eigenvalue weighted by Crippen LogP contribution is -2.34. The Hall–Kier alpha value is -1.77. The lowest BCUT2D eigenvalue weighted by atomic mass is 10.0. The Labute approximate surface area is 113 Å². The molecule has 1 amide bonds. The monoisotopic (exact) mass is 286 g/mol. The summed E-state index contributed by atoms with van der Waals surface area (Å²) in [5, 5.41) is 12.8. The number of rotatable bonds is 6. The normalized spacial score (nSPS) is 12.9. The molecule has 2 N–H and O–H groups in total. The van der Waals surface area contributed by atoms with Crippen molar-refractivity contribution in [2.45, 2.75) is 6.61 Å². The summed E-state index contributed by atoms with van der Waals surface area (Å²) in [6, 6.07) is 6.63. The molecule has 0 saturated heterocycles. The molecular weight excluding hydrogens is 272 g/mol. The number of oxime groups is 1. The van der Waals surface area contributed by atoms with Gasteiger partial charge in [-0.2, -0.15) is 0 Å². The molecule has 104 valence electrons. The Bertz CT molecular complexity index is 504. The molecule has 19 heavy (non-hydrogen) atoms. The zero-order valence-corrected chi connectivity index (χ0v) is 11.3. The van der Waals surface area contributed by atoms with E-state index in [0.717, 1.165) is 0 Å². The van der Waals surface area contributed by atoms with Crippen LogP contribution in [0, 0.1) is 0 Å². The zero-order chi connectivity index (χ0) is 14.3. The summed E-state index contributed by atoms with van der Waals surface area (Å²) in [6.07, 6.45) is 0.